The second kappa shape index (κ2) is 15.0. The van der Waals surface area contributed by atoms with E-state index >= 15 is 0 Å². The van der Waals surface area contributed by atoms with Crippen LogP contribution in [0.25, 0.3) is 43.5 Å². The Morgan fingerprint density at radius 1 is 0.250 bits per heavy atom. The summed E-state index contributed by atoms with van der Waals surface area (Å²) in [4.78, 5) is 7.10. The number of benzene rings is 10. The lowest BCUT2D eigenvalue weighted by atomic mass is 9.96. The van der Waals surface area contributed by atoms with Crippen molar-refractivity contribution in [1.82, 2.24) is 0 Å². The predicted molar refractivity (Wildman–Crippen MR) is 253 cm³/mol. The summed E-state index contributed by atoms with van der Waals surface area (Å²) in [6.07, 6.45) is 0. The molecule has 4 nitrogen and oxygen atoms in total. The maximum Gasteiger partial charge on any atom is 0.143 e. The van der Waals surface area contributed by atoms with Gasteiger partial charge in [-0.15, -0.1) is 0 Å². The summed E-state index contributed by atoms with van der Waals surface area (Å²) in [6.45, 7) is 0. The van der Waals surface area contributed by atoms with Gasteiger partial charge in [-0.2, -0.15) is 0 Å². The first kappa shape index (κ1) is 35.1. The van der Waals surface area contributed by atoms with Gasteiger partial charge in [0.2, 0.25) is 0 Å². The maximum atomic E-state index is 6.68. The Kier molecular flexibility index (Phi) is 8.79. The average Bonchev–Trinajstić information content (AvgIpc) is 3.72. The van der Waals surface area contributed by atoms with Crippen LogP contribution in [-0.4, -0.2) is 0 Å². The molecular formula is C56H39N3O. The van der Waals surface area contributed by atoms with Gasteiger partial charge in [0.25, 0.3) is 0 Å². The Bertz CT molecular complexity index is 3180. The normalized spacial score (nSPS) is 11.3. The zero-order chi connectivity index (χ0) is 39.8. The minimum Gasteiger partial charge on any atom is -0.455 e. The smallest absolute Gasteiger partial charge is 0.143 e. The monoisotopic (exact) mass is 769 g/mol. The van der Waals surface area contributed by atoms with Gasteiger partial charge in [0.05, 0.1) is 11.4 Å². The second-order valence-electron chi connectivity index (χ2n) is 14.9. The van der Waals surface area contributed by atoms with Crippen molar-refractivity contribution < 1.29 is 4.42 Å². The Labute approximate surface area is 349 Å². The maximum absolute atomic E-state index is 6.68. The molecule has 0 aliphatic rings. The van der Waals surface area contributed by atoms with Crippen molar-refractivity contribution in [3.8, 4) is 0 Å². The van der Waals surface area contributed by atoms with Crippen LogP contribution >= 0.6 is 0 Å². The van der Waals surface area contributed by atoms with Crippen LogP contribution in [0.1, 0.15) is 0 Å². The van der Waals surface area contributed by atoms with Crippen molar-refractivity contribution in [3.05, 3.63) is 237 Å². The van der Waals surface area contributed by atoms with Crippen LogP contribution in [0.15, 0.2) is 241 Å². The summed E-state index contributed by atoms with van der Waals surface area (Å²) in [7, 11) is 0. The van der Waals surface area contributed by atoms with E-state index in [1.807, 2.05) is 6.07 Å². The van der Waals surface area contributed by atoms with E-state index in [9.17, 15) is 0 Å². The molecule has 0 radical (unpaired) electrons. The van der Waals surface area contributed by atoms with E-state index in [1.54, 1.807) is 0 Å². The lowest BCUT2D eigenvalue weighted by Crippen LogP contribution is -2.18. The minimum absolute atomic E-state index is 0.885. The molecule has 0 amide bonds. The molecule has 0 saturated carbocycles. The highest BCUT2D eigenvalue weighted by molar-refractivity contribution is 6.30. The summed E-state index contributed by atoms with van der Waals surface area (Å²) in [5.41, 5.74) is 11.2. The number of fused-ring (bicyclic) bond motifs is 8. The van der Waals surface area contributed by atoms with Crippen LogP contribution in [0.3, 0.4) is 0 Å². The molecule has 1 heterocycles. The largest absolute Gasteiger partial charge is 0.455 e. The first-order valence-electron chi connectivity index (χ1n) is 20.4. The molecule has 0 aliphatic heterocycles. The molecule has 0 spiro atoms. The van der Waals surface area contributed by atoms with E-state index in [0.29, 0.717) is 0 Å². The Balaban J connectivity index is 1.22. The highest BCUT2D eigenvalue weighted by Gasteiger charge is 2.26. The van der Waals surface area contributed by atoms with Crippen molar-refractivity contribution in [2.75, 3.05) is 14.7 Å². The van der Waals surface area contributed by atoms with Crippen LogP contribution in [0.5, 0.6) is 0 Å². The van der Waals surface area contributed by atoms with Gasteiger partial charge in [-0.05, 0) is 113 Å². The van der Waals surface area contributed by atoms with Crippen molar-refractivity contribution in [1.29, 1.82) is 0 Å². The summed E-state index contributed by atoms with van der Waals surface area (Å²) in [6, 6.07) is 84.0. The van der Waals surface area contributed by atoms with Crippen molar-refractivity contribution in [2.45, 2.75) is 0 Å². The lowest BCUT2D eigenvalue weighted by molar-refractivity contribution is 0.673. The topological polar surface area (TPSA) is 22.9 Å². The van der Waals surface area contributed by atoms with E-state index in [1.165, 1.54) is 10.8 Å². The quantitative estimate of drug-likeness (QED) is 0.136. The van der Waals surface area contributed by atoms with Gasteiger partial charge in [0, 0.05) is 56.0 Å². The van der Waals surface area contributed by atoms with Crippen LogP contribution in [0, 0.1) is 0 Å². The number of anilines is 9. The molecule has 0 atom stereocenters. The minimum atomic E-state index is 0.885. The molecule has 0 fully saturated rings. The van der Waals surface area contributed by atoms with Crippen molar-refractivity contribution in [2.24, 2.45) is 0 Å². The van der Waals surface area contributed by atoms with Gasteiger partial charge >= 0.3 is 0 Å². The molecule has 11 rings (SSSR count). The SMILES string of the molecule is c1ccc(N(c2ccccc2)c2ccc(N(c3ccccc3)c3ccc4c5ccccc5c5oc6ccccc6c5c4c3)c(N(c3ccccc3)c3ccccc3)c2)cc1. The number of hydrogen-bond acceptors (Lipinski definition) is 4. The van der Waals surface area contributed by atoms with Gasteiger partial charge in [0.15, 0.2) is 0 Å². The number of hydrogen-bond donors (Lipinski definition) is 0. The van der Waals surface area contributed by atoms with Gasteiger partial charge < -0.3 is 19.1 Å². The fraction of sp³-hybridized carbons (Fsp3) is 0. The first-order chi connectivity index (χ1) is 29.8. The Morgan fingerprint density at radius 2 is 0.650 bits per heavy atom. The van der Waals surface area contributed by atoms with Gasteiger partial charge in [-0.1, -0.05) is 140 Å². The molecule has 0 aliphatic carbocycles. The summed E-state index contributed by atoms with van der Waals surface area (Å²) in [5.74, 6) is 0. The van der Waals surface area contributed by atoms with E-state index in [0.717, 1.165) is 83.9 Å². The molecule has 4 heteroatoms. The van der Waals surface area contributed by atoms with Gasteiger partial charge in [-0.25, -0.2) is 0 Å². The molecule has 0 saturated heterocycles. The van der Waals surface area contributed by atoms with E-state index in [2.05, 4.69) is 245 Å². The molecule has 1 aromatic heterocycles. The van der Waals surface area contributed by atoms with Crippen LogP contribution in [0.2, 0.25) is 0 Å². The molecule has 0 N–H and O–H groups in total. The molecular weight excluding hydrogens is 731 g/mol. The van der Waals surface area contributed by atoms with Crippen molar-refractivity contribution >= 4 is 94.7 Å². The first-order valence-corrected chi connectivity index (χ1v) is 20.4. The van der Waals surface area contributed by atoms with Crippen LogP contribution in [-0.2, 0) is 0 Å². The zero-order valence-electron chi connectivity index (χ0n) is 32.8. The van der Waals surface area contributed by atoms with Gasteiger partial charge in [-0.3, -0.25) is 0 Å². The molecule has 60 heavy (non-hydrogen) atoms. The fourth-order valence-corrected chi connectivity index (χ4v) is 8.74. The van der Waals surface area contributed by atoms with Crippen LogP contribution < -0.4 is 14.7 Å². The third-order valence-electron chi connectivity index (χ3n) is 11.4. The highest BCUT2D eigenvalue weighted by atomic mass is 16.3. The lowest BCUT2D eigenvalue weighted by Gasteiger charge is -2.35. The van der Waals surface area contributed by atoms with E-state index in [-0.39, 0.29) is 0 Å². The molecule has 284 valence electrons. The summed E-state index contributed by atoms with van der Waals surface area (Å²) < 4.78 is 6.68. The summed E-state index contributed by atoms with van der Waals surface area (Å²) in [5, 5.41) is 6.85. The Morgan fingerprint density at radius 3 is 1.20 bits per heavy atom. The zero-order valence-corrected chi connectivity index (χ0v) is 32.8. The summed E-state index contributed by atoms with van der Waals surface area (Å²) >= 11 is 0. The third-order valence-corrected chi connectivity index (χ3v) is 11.4. The molecule has 11 aromatic rings. The van der Waals surface area contributed by atoms with Gasteiger partial charge in [0.1, 0.15) is 11.2 Å². The Hall–Kier alpha value is -8.08. The van der Waals surface area contributed by atoms with E-state index in [4.69, 9.17) is 4.42 Å². The number of furan rings is 1. The fourth-order valence-electron chi connectivity index (χ4n) is 8.74. The molecule has 0 unspecified atom stereocenters. The standard InChI is InChI=1S/C56H39N3O/c1-6-20-40(21-7-1)57(41-22-8-2-9-23-41)46-35-37-52(53(39-46)58(42-24-10-3-11-25-42)43-26-12-4-13-27-43)59(44-28-14-5-15-29-44)45-34-36-48-47-30-16-17-31-49(47)56-55(51(48)38-45)50-32-18-19-33-54(50)60-56/h1-39H. The highest BCUT2D eigenvalue weighted by Crippen LogP contribution is 2.50. The number of para-hydroxylation sites is 6. The van der Waals surface area contributed by atoms with E-state index < -0.39 is 0 Å². The molecule has 0 bridgehead atoms. The van der Waals surface area contributed by atoms with Crippen molar-refractivity contribution in [3.63, 3.8) is 0 Å². The third kappa shape index (κ3) is 6.10. The average molecular weight is 770 g/mol. The predicted octanol–water partition coefficient (Wildman–Crippen LogP) is 16.3. The van der Waals surface area contributed by atoms with Crippen LogP contribution in [0.4, 0.5) is 51.2 Å². The number of nitrogens with zero attached hydrogens (tertiary/aromatic N) is 3. The number of rotatable bonds is 9. The second-order valence-corrected chi connectivity index (χ2v) is 14.9. The molecule has 10 aromatic carbocycles.